The lowest BCUT2D eigenvalue weighted by atomic mass is 9.84. The molecule has 4 N–H and O–H groups in total. The Balaban J connectivity index is 2.07. The average Bonchev–Trinajstić information content (AvgIpc) is 2.73. The van der Waals surface area contributed by atoms with E-state index >= 15 is 0 Å². The van der Waals surface area contributed by atoms with Crippen molar-refractivity contribution >= 4 is 28.9 Å². The molecule has 3 atom stereocenters. The number of non-ortho nitro benzene ring substituents is 1. The molecule has 1 aliphatic rings. The zero-order valence-corrected chi connectivity index (χ0v) is 17.9. The summed E-state index contributed by atoms with van der Waals surface area (Å²) in [7, 11) is 2.82. The lowest BCUT2D eigenvalue weighted by molar-refractivity contribution is -0.385. The van der Waals surface area contributed by atoms with Gasteiger partial charge in [0.1, 0.15) is 17.9 Å². The Morgan fingerprint density at radius 2 is 2.03 bits per heavy atom. The van der Waals surface area contributed by atoms with E-state index < -0.39 is 29.0 Å². The molecule has 3 unspecified atom stereocenters. The van der Waals surface area contributed by atoms with Crippen molar-refractivity contribution in [2.75, 3.05) is 19.5 Å². The molecule has 2 aromatic carbocycles. The smallest absolute Gasteiger partial charge is 0.270 e. The Morgan fingerprint density at radius 1 is 1.35 bits per heavy atom. The second-order valence-corrected chi connectivity index (χ2v) is 7.48. The van der Waals surface area contributed by atoms with Gasteiger partial charge in [-0.15, -0.1) is 0 Å². The maximum absolute atomic E-state index is 11.3. The van der Waals surface area contributed by atoms with E-state index in [0.717, 1.165) is 0 Å². The number of guanidine groups is 1. The number of nitro groups is 1. The summed E-state index contributed by atoms with van der Waals surface area (Å²) in [6, 6.07) is 9.94. The van der Waals surface area contributed by atoms with Gasteiger partial charge < -0.3 is 30.4 Å². The molecule has 0 spiro atoms. The number of nitrogens with zero attached hydrogens (tertiary/aromatic N) is 2. The number of rotatable bonds is 6. The molecular weight excluding hydrogens is 428 g/mol. The third-order valence-corrected chi connectivity index (χ3v) is 5.38. The van der Waals surface area contributed by atoms with Gasteiger partial charge in [-0.05, 0) is 25.1 Å². The minimum absolute atomic E-state index is 0.0507. The highest BCUT2D eigenvalue weighted by molar-refractivity contribution is 6.33. The maximum Gasteiger partial charge on any atom is 0.270 e. The number of nitro benzene ring substituents is 1. The first-order valence-electron chi connectivity index (χ1n) is 9.27. The fourth-order valence-electron chi connectivity index (χ4n) is 3.53. The van der Waals surface area contributed by atoms with Crippen LogP contribution in [0, 0.1) is 10.1 Å². The minimum atomic E-state index is -1.38. The Kier molecular flexibility index (Phi) is 6.65. The number of nitrogens with one attached hydrogen (secondary N) is 1. The van der Waals surface area contributed by atoms with Gasteiger partial charge in [0.25, 0.3) is 5.69 Å². The summed E-state index contributed by atoms with van der Waals surface area (Å²) < 4.78 is 16.6. The van der Waals surface area contributed by atoms with Gasteiger partial charge in [-0.3, -0.25) is 10.1 Å². The van der Waals surface area contributed by atoms with Crippen molar-refractivity contribution in [2.45, 2.75) is 31.0 Å². The number of aliphatic hydroxyl groups is 1. The highest BCUT2D eigenvalue weighted by Crippen LogP contribution is 2.45. The molecule has 0 aliphatic carbocycles. The van der Waals surface area contributed by atoms with Crippen LogP contribution in [0.5, 0.6) is 5.75 Å². The summed E-state index contributed by atoms with van der Waals surface area (Å²) in [5.74, 6) is 0.238. The molecule has 0 bridgehead atoms. The first-order chi connectivity index (χ1) is 14.7. The predicted molar refractivity (Wildman–Crippen MR) is 115 cm³/mol. The Labute approximate surface area is 183 Å². The summed E-state index contributed by atoms with van der Waals surface area (Å²) in [5.41, 5.74) is 5.34. The first kappa shape index (κ1) is 22.8. The van der Waals surface area contributed by atoms with Gasteiger partial charge in [0.05, 0.1) is 15.6 Å². The molecule has 1 aliphatic heterocycles. The van der Waals surface area contributed by atoms with Crippen molar-refractivity contribution in [3.05, 3.63) is 63.2 Å². The Bertz CT molecular complexity index is 999. The zero-order valence-electron chi connectivity index (χ0n) is 17.1. The van der Waals surface area contributed by atoms with E-state index in [0.29, 0.717) is 16.3 Å². The van der Waals surface area contributed by atoms with Gasteiger partial charge in [0.2, 0.25) is 0 Å². The molecule has 2 aromatic rings. The number of methoxy groups -OCH3 is 2. The lowest BCUT2D eigenvalue weighted by Crippen LogP contribution is -2.59. The van der Waals surface area contributed by atoms with Gasteiger partial charge in [0.15, 0.2) is 17.9 Å². The molecule has 0 aromatic heterocycles. The third-order valence-electron chi connectivity index (χ3n) is 5.05. The van der Waals surface area contributed by atoms with Crippen molar-refractivity contribution < 1.29 is 24.2 Å². The number of halogens is 1. The molecule has 0 amide bonds. The van der Waals surface area contributed by atoms with Crippen LogP contribution in [0.4, 0.5) is 11.4 Å². The normalized spacial score (nSPS) is 23.2. The number of hydrogen-bond acceptors (Lipinski definition) is 7. The van der Waals surface area contributed by atoms with Crippen molar-refractivity contribution in [2.24, 2.45) is 10.7 Å². The van der Waals surface area contributed by atoms with Crippen LogP contribution in [-0.2, 0) is 9.47 Å². The number of hydrogen-bond donors (Lipinski definition) is 3. The van der Waals surface area contributed by atoms with Gasteiger partial charge in [-0.2, -0.15) is 0 Å². The second kappa shape index (κ2) is 9.06. The number of benzene rings is 2. The maximum atomic E-state index is 11.3. The fourth-order valence-corrected chi connectivity index (χ4v) is 3.71. The Hall–Kier alpha value is -2.92. The van der Waals surface area contributed by atoms with Crippen LogP contribution >= 0.6 is 11.6 Å². The van der Waals surface area contributed by atoms with Crippen LogP contribution < -0.4 is 15.8 Å². The molecule has 0 fully saturated rings. The summed E-state index contributed by atoms with van der Waals surface area (Å²) in [5, 5.41) is 25.8. The molecule has 0 saturated carbocycles. The summed E-state index contributed by atoms with van der Waals surface area (Å²) in [4.78, 5) is 15.1. The number of aliphatic imine (C=N–C) groups is 1. The van der Waals surface area contributed by atoms with E-state index in [9.17, 15) is 15.2 Å². The third kappa shape index (κ3) is 4.42. The molecule has 3 rings (SSSR count). The van der Waals surface area contributed by atoms with Gasteiger partial charge in [-0.25, -0.2) is 4.99 Å². The predicted octanol–water partition coefficient (Wildman–Crippen LogP) is 2.85. The first-order valence-corrected chi connectivity index (χ1v) is 9.65. The summed E-state index contributed by atoms with van der Waals surface area (Å²) in [6.07, 6.45) is -2.28. The topological polar surface area (TPSA) is 141 Å². The van der Waals surface area contributed by atoms with Crippen LogP contribution in [-0.4, -0.2) is 48.2 Å². The number of ether oxygens (including phenoxy) is 3. The van der Waals surface area contributed by atoms with Crippen LogP contribution in [0.15, 0.2) is 47.5 Å². The van der Waals surface area contributed by atoms with Gasteiger partial charge in [-0.1, -0.05) is 23.7 Å². The highest BCUT2D eigenvalue weighted by Gasteiger charge is 2.52. The molecule has 10 nitrogen and oxygen atoms in total. The SMILES string of the molecule is COC(OC)C1(C)Oc2ccc([N+](=O)[O-])cc2C(N=C(N)Nc2ccccc2Cl)C1O. The van der Waals surface area contributed by atoms with Crippen LogP contribution in [0.25, 0.3) is 0 Å². The van der Waals surface area contributed by atoms with E-state index in [4.69, 9.17) is 31.5 Å². The number of anilines is 1. The largest absolute Gasteiger partial charge is 0.479 e. The minimum Gasteiger partial charge on any atom is -0.479 e. The van der Waals surface area contributed by atoms with E-state index in [-0.39, 0.29) is 17.4 Å². The van der Waals surface area contributed by atoms with E-state index in [2.05, 4.69) is 10.3 Å². The van der Waals surface area contributed by atoms with Gasteiger partial charge in [0, 0.05) is 31.9 Å². The standard InChI is InChI=1S/C20H23ClN4O6/c1-20(18(29-2)30-3)17(26)16(12-10-11(25(27)28)8-9-15(12)31-20)24-19(22)23-14-7-5-4-6-13(14)21/h4-10,16-18,26H,1-3H3,(H3,22,23,24). The average molecular weight is 451 g/mol. The summed E-state index contributed by atoms with van der Waals surface area (Å²) in [6.45, 7) is 1.60. The molecule has 11 heteroatoms. The van der Waals surface area contributed by atoms with Crippen molar-refractivity contribution in [3.8, 4) is 5.75 Å². The zero-order chi connectivity index (χ0) is 22.8. The summed E-state index contributed by atoms with van der Waals surface area (Å²) >= 11 is 6.15. The number of nitrogens with two attached hydrogens (primary N) is 1. The van der Waals surface area contributed by atoms with Crippen LogP contribution in [0.2, 0.25) is 5.02 Å². The lowest BCUT2D eigenvalue weighted by Gasteiger charge is -2.45. The quantitative estimate of drug-likeness (QED) is 0.200. The highest BCUT2D eigenvalue weighted by atomic mass is 35.5. The number of aliphatic hydroxyl groups excluding tert-OH is 1. The molecule has 0 radical (unpaired) electrons. The monoisotopic (exact) mass is 450 g/mol. The van der Waals surface area contributed by atoms with E-state index in [1.807, 2.05) is 0 Å². The number of fused-ring (bicyclic) bond motifs is 1. The molecule has 31 heavy (non-hydrogen) atoms. The van der Waals surface area contributed by atoms with Gasteiger partial charge >= 0.3 is 0 Å². The van der Waals surface area contributed by atoms with E-state index in [1.165, 1.54) is 32.4 Å². The van der Waals surface area contributed by atoms with Crippen molar-refractivity contribution in [1.29, 1.82) is 0 Å². The van der Waals surface area contributed by atoms with Crippen LogP contribution in [0.1, 0.15) is 18.5 Å². The van der Waals surface area contributed by atoms with Crippen LogP contribution in [0.3, 0.4) is 0 Å². The molecular formula is C20H23ClN4O6. The second-order valence-electron chi connectivity index (χ2n) is 7.08. The van der Waals surface area contributed by atoms with E-state index in [1.54, 1.807) is 31.2 Å². The number of para-hydroxylation sites is 1. The molecule has 1 heterocycles. The fraction of sp³-hybridized carbons (Fsp3) is 0.350. The van der Waals surface area contributed by atoms with Crippen molar-refractivity contribution in [3.63, 3.8) is 0 Å². The van der Waals surface area contributed by atoms with Crippen molar-refractivity contribution in [1.82, 2.24) is 0 Å². The molecule has 166 valence electrons. The Morgan fingerprint density at radius 3 is 2.65 bits per heavy atom. The molecule has 0 saturated heterocycles.